The highest BCUT2D eigenvalue weighted by Gasteiger charge is 2.26. The molecule has 1 aromatic heterocycles. The number of benzene rings is 3. The van der Waals surface area contributed by atoms with Gasteiger partial charge in [-0.1, -0.05) is 116 Å². The molecule has 190 valence electrons. The molecule has 0 radical (unpaired) electrons. The molecule has 0 N–H and O–H groups in total. The first-order valence-electron chi connectivity index (χ1n) is 13.5. The summed E-state index contributed by atoms with van der Waals surface area (Å²) in [4.78, 5) is 5.26. The summed E-state index contributed by atoms with van der Waals surface area (Å²) < 4.78 is 2.46. The Bertz CT molecular complexity index is 1380. The van der Waals surface area contributed by atoms with Crippen molar-refractivity contribution >= 4 is 24.3 Å². The number of nitrogens with zero attached hydrogens (tertiary/aromatic N) is 2. The van der Waals surface area contributed by atoms with E-state index in [9.17, 15) is 0 Å². The Hall–Kier alpha value is -2.65. The Labute approximate surface area is 219 Å². The van der Waals surface area contributed by atoms with Gasteiger partial charge in [0.1, 0.15) is 5.82 Å². The van der Waals surface area contributed by atoms with Gasteiger partial charge in [-0.25, -0.2) is 4.98 Å². The molecule has 2 nitrogen and oxygen atoms in total. The monoisotopic (exact) mass is 496 g/mol. The number of para-hydroxylation sites is 2. The molecule has 0 aliphatic heterocycles. The smallest absolute Gasteiger partial charge is 0.146 e. The summed E-state index contributed by atoms with van der Waals surface area (Å²) in [5, 5.41) is 1.49. The van der Waals surface area contributed by atoms with E-state index in [4.69, 9.17) is 4.98 Å². The van der Waals surface area contributed by atoms with Crippen molar-refractivity contribution in [2.24, 2.45) is 0 Å². The minimum Gasteiger partial charge on any atom is -0.292 e. The molecule has 4 rings (SSSR count). The maximum Gasteiger partial charge on any atom is 0.146 e. The van der Waals surface area contributed by atoms with Gasteiger partial charge in [0.05, 0.1) is 24.8 Å². The predicted molar refractivity (Wildman–Crippen MR) is 161 cm³/mol. The molecule has 0 fully saturated rings. The van der Waals surface area contributed by atoms with Gasteiger partial charge in [-0.05, 0) is 58.6 Å². The van der Waals surface area contributed by atoms with Gasteiger partial charge in [0.25, 0.3) is 0 Å². The van der Waals surface area contributed by atoms with E-state index in [2.05, 4.69) is 134 Å². The minimum atomic E-state index is -1.40. The van der Waals surface area contributed by atoms with Crippen LogP contribution >= 0.6 is 0 Å². The first-order chi connectivity index (χ1) is 16.7. The van der Waals surface area contributed by atoms with Crippen LogP contribution in [-0.2, 0) is 5.41 Å². The van der Waals surface area contributed by atoms with Crippen LogP contribution < -0.4 is 5.19 Å². The second-order valence-electron chi connectivity index (χ2n) is 13.1. The highest BCUT2D eigenvalue weighted by molar-refractivity contribution is 6.88. The summed E-state index contributed by atoms with van der Waals surface area (Å²) in [6.07, 6.45) is 0. The van der Waals surface area contributed by atoms with Crippen molar-refractivity contribution in [3.63, 3.8) is 0 Å². The molecule has 0 unspecified atom stereocenters. The summed E-state index contributed by atoms with van der Waals surface area (Å²) in [6.45, 7) is 25.7. The Morgan fingerprint density at radius 3 is 1.89 bits per heavy atom. The van der Waals surface area contributed by atoms with Crippen LogP contribution in [0.1, 0.15) is 82.6 Å². The lowest BCUT2D eigenvalue weighted by molar-refractivity contribution is 0.586. The van der Waals surface area contributed by atoms with Crippen LogP contribution in [-0.4, -0.2) is 17.6 Å². The minimum absolute atomic E-state index is 0.0922. The number of aryl methyl sites for hydroxylation is 1. The van der Waals surface area contributed by atoms with Crippen LogP contribution in [0.2, 0.25) is 19.6 Å². The molecule has 0 aliphatic rings. The highest BCUT2D eigenvalue weighted by Crippen LogP contribution is 2.40. The average Bonchev–Trinajstić information content (AvgIpc) is 3.15. The molecule has 4 aromatic rings. The van der Waals surface area contributed by atoms with Gasteiger partial charge in [-0.15, -0.1) is 0 Å². The Morgan fingerprint density at radius 1 is 0.806 bits per heavy atom. The average molecular weight is 497 g/mol. The zero-order valence-electron chi connectivity index (χ0n) is 24.2. The summed E-state index contributed by atoms with van der Waals surface area (Å²) in [6, 6.07) is 20.6. The largest absolute Gasteiger partial charge is 0.292 e. The molecule has 0 amide bonds. The van der Waals surface area contributed by atoms with Crippen molar-refractivity contribution in [1.29, 1.82) is 0 Å². The molecule has 36 heavy (non-hydrogen) atoms. The fourth-order valence-corrected chi connectivity index (χ4v) is 6.30. The highest BCUT2D eigenvalue weighted by atomic mass is 28.3. The lowest BCUT2D eigenvalue weighted by atomic mass is 9.81. The molecule has 1 heterocycles. The first kappa shape index (κ1) is 26.4. The van der Waals surface area contributed by atoms with Crippen LogP contribution in [0.5, 0.6) is 0 Å². The number of fused-ring (bicyclic) bond motifs is 1. The molecule has 3 aromatic carbocycles. The number of rotatable bonds is 5. The van der Waals surface area contributed by atoms with E-state index in [0.717, 1.165) is 11.3 Å². The van der Waals surface area contributed by atoms with Crippen molar-refractivity contribution < 1.29 is 0 Å². The maximum atomic E-state index is 5.26. The summed E-state index contributed by atoms with van der Waals surface area (Å²) in [5.74, 6) is 1.83. The standard InChI is InChI=1S/C33H44N2Si/c1-21(2)27-19-24(33(6,7)8)20-28(22(3)4)31(27)35-30-15-13-12-14-29(30)34-32(35)26-17-16-25(18-23(26)5)36(9,10)11/h12-22H,1-11H3. The third kappa shape index (κ3) is 4.83. The molecule has 0 saturated heterocycles. The van der Waals surface area contributed by atoms with Crippen molar-refractivity contribution in [2.75, 3.05) is 0 Å². The zero-order chi connectivity index (χ0) is 26.6. The van der Waals surface area contributed by atoms with Crippen molar-refractivity contribution in [2.45, 2.75) is 92.3 Å². The van der Waals surface area contributed by atoms with Crippen LogP contribution in [0.15, 0.2) is 54.6 Å². The fraction of sp³-hybridized carbons (Fsp3) is 0.424. The van der Waals surface area contributed by atoms with E-state index in [0.29, 0.717) is 11.8 Å². The van der Waals surface area contributed by atoms with E-state index >= 15 is 0 Å². The van der Waals surface area contributed by atoms with Gasteiger partial charge < -0.3 is 0 Å². The van der Waals surface area contributed by atoms with Crippen molar-refractivity contribution in [3.05, 3.63) is 76.9 Å². The van der Waals surface area contributed by atoms with Gasteiger partial charge in [0, 0.05) is 5.56 Å². The van der Waals surface area contributed by atoms with E-state index < -0.39 is 8.07 Å². The molecule has 0 aliphatic carbocycles. The lowest BCUT2D eigenvalue weighted by Gasteiger charge is -2.28. The quantitative estimate of drug-likeness (QED) is 0.252. The van der Waals surface area contributed by atoms with E-state index in [1.165, 1.54) is 44.2 Å². The van der Waals surface area contributed by atoms with Crippen LogP contribution in [0.3, 0.4) is 0 Å². The van der Waals surface area contributed by atoms with Gasteiger partial charge >= 0.3 is 0 Å². The summed E-state index contributed by atoms with van der Waals surface area (Å²) in [5.41, 5.74) is 10.3. The van der Waals surface area contributed by atoms with Gasteiger partial charge in [-0.2, -0.15) is 0 Å². The number of aromatic nitrogens is 2. The molecule has 3 heteroatoms. The molecule has 0 atom stereocenters. The van der Waals surface area contributed by atoms with E-state index in [1.54, 1.807) is 0 Å². The molecular formula is C33H44N2Si. The third-order valence-corrected chi connectivity index (χ3v) is 9.44. The second-order valence-corrected chi connectivity index (χ2v) is 18.2. The maximum absolute atomic E-state index is 5.26. The van der Waals surface area contributed by atoms with Crippen molar-refractivity contribution in [1.82, 2.24) is 9.55 Å². The van der Waals surface area contributed by atoms with E-state index in [1.807, 2.05) is 0 Å². The number of hydrogen-bond donors (Lipinski definition) is 0. The molecule has 0 spiro atoms. The zero-order valence-corrected chi connectivity index (χ0v) is 25.2. The molecule has 0 bridgehead atoms. The number of imidazole rings is 1. The fourth-order valence-electron chi connectivity index (χ4n) is 5.07. The van der Waals surface area contributed by atoms with Gasteiger partial charge in [0.15, 0.2) is 0 Å². The second kappa shape index (κ2) is 9.34. The summed E-state index contributed by atoms with van der Waals surface area (Å²) in [7, 11) is -1.40. The van der Waals surface area contributed by atoms with E-state index in [-0.39, 0.29) is 5.41 Å². The van der Waals surface area contributed by atoms with Crippen LogP contribution in [0.25, 0.3) is 28.1 Å². The molecular weight excluding hydrogens is 452 g/mol. The number of hydrogen-bond acceptors (Lipinski definition) is 1. The molecule has 0 saturated carbocycles. The first-order valence-corrected chi connectivity index (χ1v) is 17.0. The third-order valence-electron chi connectivity index (χ3n) is 7.40. The predicted octanol–water partition coefficient (Wildman–Crippen LogP) is 9.09. The van der Waals surface area contributed by atoms with Crippen LogP contribution in [0.4, 0.5) is 0 Å². The summed E-state index contributed by atoms with van der Waals surface area (Å²) >= 11 is 0. The Kier molecular flexibility index (Phi) is 6.85. The van der Waals surface area contributed by atoms with Crippen LogP contribution in [0, 0.1) is 6.92 Å². The lowest BCUT2D eigenvalue weighted by Crippen LogP contribution is -2.37. The SMILES string of the molecule is Cc1cc([Si](C)(C)C)ccc1-c1nc2ccccc2n1-c1c(C(C)C)cc(C(C)(C)C)cc1C(C)C. The Morgan fingerprint density at radius 2 is 1.39 bits per heavy atom. The normalized spacial score (nSPS) is 12.8. The van der Waals surface area contributed by atoms with Gasteiger partial charge in [0.2, 0.25) is 0 Å². The van der Waals surface area contributed by atoms with Crippen molar-refractivity contribution in [3.8, 4) is 17.1 Å². The topological polar surface area (TPSA) is 17.8 Å². The Balaban J connectivity index is 2.13. The van der Waals surface area contributed by atoms with Gasteiger partial charge in [-0.3, -0.25) is 4.57 Å².